The number of halogens is 3. The fraction of sp³-hybridized carbons (Fsp3) is 0.111. The van der Waals surface area contributed by atoms with Gasteiger partial charge in [-0.25, -0.2) is 4.39 Å². The Labute approximate surface area is 76.9 Å². The standard InChI is InChI=1S/C9H4F3O2/c10-6-3-5-1-2-13-7(5)4-8(6)14-9(11)12/h1,3-4,9H. The summed E-state index contributed by atoms with van der Waals surface area (Å²) < 4.78 is 45.4. The van der Waals surface area contributed by atoms with E-state index in [1.165, 1.54) is 6.07 Å². The molecule has 0 aliphatic heterocycles. The van der Waals surface area contributed by atoms with Crippen LogP contribution in [-0.4, -0.2) is 6.61 Å². The van der Waals surface area contributed by atoms with E-state index in [-0.39, 0.29) is 5.58 Å². The summed E-state index contributed by atoms with van der Waals surface area (Å²) in [6.45, 7) is -3.05. The molecule has 0 spiro atoms. The Morgan fingerprint density at radius 3 is 2.86 bits per heavy atom. The SMILES string of the molecule is Fc1cc2c[c]oc2cc1OC(F)F. The molecular formula is C9H4F3O2. The van der Waals surface area contributed by atoms with E-state index in [2.05, 4.69) is 11.0 Å². The van der Waals surface area contributed by atoms with E-state index in [9.17, 15) is 13.2 Å². The number of rotatable bonds is 2. The average molecular weight is 201 g/mol. The van der Waals surface area contributed by atoms with Crippen LogP contribution in [0.2, 0.25) is 0 Å². The molecule has 0 aliphatic carbocycles. The normalized spacial score (nSPS) is 11.1. The topological polar surface area (TPSA) is 22.4 Å². The maximum atomic E-state index is 13.0. The number of benzene rings is 1. The van der Waals surface area contributed by atoms with E-state index in [1.807, 2.05) is 0 Å². The molecule has 0 N–H and O–H groups in total. The lowest BCUT2D eigenvalue weighted by molar-refractivity contribution is -0.0521. The Kier molecular flexibility index (Phi) is 2.07. The Morgan fingerprint density at radius 2 is 2.14 bits per heavy atom. The van der Waals surface area contributed by atoms with E-state index >= 15 is 0 Å². The quantitative estimate of drug-likeness (QED) is 0.745. The second-order valence-corrected chi connectivity index (χ2v) is 2.56. The van der Waals surface area contributed by atoms with Crippen molar-refractivity contribution in [1.29, 1.82) is 0 Å². The maximum absolute atomic E-state index is 13.0. The highest BCUT2D eigenvalue weighted by Crippen LogP contribution is 2.26. The van der Waals surface area contributed by atoms with Crippen molar-refractivity contribution in [1.82, 2.24) is 0 Å². The van der Waals surface area contributed by atoms with Gasteiger partial charge in [0, 0.05) is 11.5 Å². The smallest absolute Gasteiger partial charge is 0.387 e. The van der Waals surface area contributed by atoms with E-state index in [0.717, 1.165) is 12.1 Å². The molecule has 14 heavy (non-hydrogen) atoms. The number of ether oxygens (including phenoxy) is 1. The third-order valence-electron chi connectivity index (χ3n) is 1.66. The summed E-state index contributed by atoms with van der Waals surface area (Å²) in [6, 6.07) is 3.52. The van der Waals surface area contributed by atoms with Crippen molar-refractivity contribution >= 4 is 11.0 Å². The van der Waals surface area contributed by atoms with Crippen LogP contribution in [0, 0.1) is 12.1 Å². The lowest BCUT2D eigenvalue weighted by Gasteiger charge is -2.04. The van der Waals surface area contributed by atoms with Crippen LogP contribution in [-0.2, 0) is 0 Å². The fourth-order valence-electron chi connectivity index (χ4n) is 1.09. The highest BCUT2D eigenvalue weighted by atomic mass is 19.3. The van der Waals surface area contributed by atoms with Gasteiger partial charge in [-0.15, -0.1) is 0 Å². The van der Waals surface area contributed by atoms with E-state index < -0.39 is 18.2 Å². The number of hydrogen-bond donors (Lipinski definition) is 0. The number of alkyl halides is 2. The summed E-state index contributed by atoms with van der Waals surface area (Å²) in [5, 5.41) is 0.448. The Hall–Kier alpha value is -1.65. The lowest BCUT2D eigenvalue weighted by Crippen LogP contribution is -2.03. The molecule has 0 fully saturated rings. The van der Waals surface area contributed by atoms with Crippen LogP contribution in [0.15, 0.2) is 22.6 Å². The first-order valence-corrected chi connectivity index (χ1v) is 3.71. The molecule has 0 saturated carbocycles. The summed E-state index contributed by atoms with van der Waals surface area (Å²) in [4.78, 5) is 0. The van der Waals surface area contributed by atoms with Crippen LogP contribution in [0.3, 0.4) is 0 Å². The molecule has 1 aromatic heterocycles. The third-order valence-corrected chi connectivity index (χ3v) is 1.66. The van der Waals surface area contributed by atoms with Gasteiger partial charge < -0.3 is 9.15 Å². The molecule has 73 valence electrons. The third kappa shape index (κ3) is 1.53. The second kappa shape index (κ2) is 3.25. The molecule has 0 amide bonds. The minimum atomic E-state index is -3.05. The molecule has 0 bridgehead atoms. The highest BCUT2D eigenvalue weighted by Gasteiger charge is 2.12. The molecule has 5 heteroatoms. The summed E-state index contributed by atoms with van der Waals surface area (Å²) in [5.41, 5.74) is 0.252. The van der Waals surface area contributed by atoms with Gasteiger partial charge in [-0.1, -0.05) is 0 Å². The largest absolute Gasteiger partial charge is 0.453 e. The summed E-state index contributed by atoms with van der Waals surface area (Å²) >= 11 is 0. The molecule has 1 aromatic carbocycles. The van der Waals surface area contributed by atoms with Gasteiger partial charge in [-0.3, -0.25) is 0 Å². The lowest BCUT2D eigenvalue weighted by atomic mass is 10.2. The van der Waals surface area contributed by atoms with Crippen LogP contribution < -0.4 is 4.74 Å². The molecule has 0 atom stereocenters. The Balaban J connectivity index is 2.48. The minimum absolute atomic E-state index is 0.252. The number of furan rings is 1. The highest BCUT2D eigenvalue weighted by molar-refractivity contribution is 5.78. The van der Waals surface area contributed by atoms with Crippen molar-refractivity contribution in [3.63, 3.8) is 0 Å². The van der Waals surface area contributed by atoms with Crippen molar-refractivity contribution in [2.24, 2.45) is 0 Å². The van der Waals surface area contributed by atoms with Crippen molar-refractivity contribution in [3.8, 4) is 5.75 Å². The summed E-state index contributed by atoms with van der Waals surface area (Å²) in [5.74, 6) is -1.39. The molecular weight excluding hydrogens is 197 g/mol. The Morgan fingerprint density at radius 1 is 1.36 bits per heavy atom. The van der Waals surface area contributed by atoms with Crippen LogP contribution in [0.4, 0.5) is 13.2 Å². The predicted molar refractivity (Wildman–Crippen MR) is 41.6 cm³/mol. The van der Waals surface area contributed by atoms with Crippen molar-refractivity contribution in [3.05, 3.63) is 30.3 Å². The van der Waals surface area contributed by atoms with Gasteiger partial charge in [0.25, 0.3) is 0 Å². The second-order valence-electron chi connectivity index (χ2n) is 2.56. The van der Waals surface area contributed by atoms with E-state index in [0.29, 0.717) is 5.39 Å². The van der Waals surface area contributed by atoms with Crippen molar-refractivity contribution in [2.75, 3.05) is 0 Å². The zero-order chi connectivity index (χ0) is 10.1. The van der Waals surface area contributed by atoms with Gasteiger partial charge in [-0.2, -0.15) is 8.78 Å². The first kappa shape index (κ1) is 8.93. The Bertz CT molecular complexity index is 450. The van der Waals surface area contributed by atoms with Crippen molar-refractivity contribution < 1.29 is 22.3 Å². The molecule has 1 radical (unpaired) electrons. The van der Waals surface area contributed by atoms with Gasteiger partial charge in [0.2, 0.25) is 0 Å². The molecule has 2 aromatic rings. The van der Waals surface area contributed by atoms with Gasteiger partial charge >= 0.3 is 6.61 Å². The zero-order valence-corrected chi connectivity index (χ0v) is 6.76. The first-order valence-electron chi connectivity index (χ1n) is 3.71. The minimum Gasteiger partial charge on any atom is -0.453 e. The summed E-state index contributed by atoms with van der Waals surface area (Å²) in [6.07, 6.45) is 2.36. The molecule has 0 unspecified atom stereocenters. The number of hydrogen-bond acceptors (Lipinski definition) is 2. The van der Waals surface area contributed by atoms with Gasteiger partial charge in [-0.05, 0) is 12.1 Å². The van der Waals surface area contributed by atoms with Crippen LogP contribution in [0.5, 0.6) is 5.75 Å². The maximum Gasteiger partial charge on any atom is 0.387 e. The number of fused-ring (bicyclic) bond motifs is 1. The molecule has 0 aliphatic rings. The zero-order valence-electron chi connectivity index (χ0n) is 6.76. The molecule has 2 nitrogen and oxygen atoms in total. The average Bonchev–Trinajstić information content (AvgIpc) is 2.51. The van der Waals surface area contributed by atoms with Gasteiger partial charge in [0.15, 0.2) is 17.8 Å². The van der Waals surface area contributed by atoms with Gasteiger partial charge in [0.1, 0.15) is 5.58 Å². The van der Waals surface area contributed by atoms with Crippen LogP contribution in [0.1, 0.15) is 0 Å². The van der Waals surface area contributed by atoms with Gasteiger partial charge in [0.05, 0.1) is 0 Å². The predicted octanol–water partition coefficient (Wildman–Crippen LogP) is 2.97. The molecule has 1 heterocycles. The molecule has 0 saturated heterocycles. The van der Waals surface area contributed by atoms with Crippen LogP contribution in [0.25, 0.3) is 11.0 Å². The molecule has 2 rings (SSSR count). The summed E-state index contributed by atoms with van der Waals surface area (Å²) in [7, 11) is 0. The van der Waals surface area contributed by atoms with Crippen LogP contribution >= 0.6 is 0 Å². The van der Waals surface area contributed by atoms with E-state index in [4.69, 9.17) is 4.42 Å². The first-order chi connectivity index (χ1) is 6.66. The van der Waals surface area contributed by atoms with Crippen molar-refractivity contribution in [2.45, 2.75) is 6.61 Å². The monoisotopic (exact) mass is 201 g/mol. The van der Waals surface area contributed by atoms with E-state index in [1.54, 1.807) is 0 Å². The fourth-order valence-corrected chi connectivity index (χ4v) is 1.09.